The Bertz CT molecular complexity index is 532. The Morgan fingerprint density at radius 1 is 1.06 bits per heavy atom. The second kappa shape index (κ2) is 5.07. The van der Waals surface area contributed by atoms with Crippen molar-refractivity contribution in [1.29, 1.82) is 0 Å². The molecule has 0 saturated heterocycles. The first-order valence-electron chi connectivity index (χ1n) is 5.39. The summed E-state index contributed by atoms with van der Waals surface area (Å²) < 4.78 is 24.7. The first kappa shape index (κ1) is 12.4. The highest BCUT2D eigenvalue weighted by Crippen LogP contribution is 2.24. The molecule has 0 aliphatic heterocycles. The van der Waals surface area contributed by atoms with Gasteiger partial charge in [-0.3, -0.25) is 0 Å². The minimum absolute atomic E-state index is 0.242. The zero-order valence-corrected chi connectivity index (χ0v) is 10.7. The van der Waals surface area contributed by atoms with Gasteiger partial charge in [-0.25, -0.2) is 8.42 Å². The third-order valence-electron chi connectivity index (χ3n) is 2.68. The maximum Gasteiger partial charge on any atom is 0.184 e. The number of halogens is 1. The van der Waals surface area contributed by atoms with Gasteiger partial charge in [-0.05, 0) is 18.6 Å². The summed E-state index contributed by atoms with van der Waals surface area (Å²) in [6, 6.07) is 8.48. The maximum absolute atomic E-state index is 12.3. The van der Waals surface area contributed by atoms with Gasteiger partial charge in [-0.2, -0.15) is 0 Å². The van der Waals surface area contributed by atoms with E-state index < -0.39 is 15.1 Å². The van der Waals surface area contributed by atoms with Crippen LogP contribution in [0.3, 0.4) is 0 Å². The van der Waals surface area contributed by atoms with Crippen LogP contribution in [-0.2, 0) is 9.84 Å². The van der Waals surface area contributed by atoms with Gasteiger partial charge in [0.1, 0.15) is 0 Å². The van der Waals surface area contributed by atoms with Crippen molar-refractivity contribution in [2.24, 2.45) is 0 Å². The molecule has 2 nitrogen and oxygen atoms in total. The van der Waals surface area contributed by atoms with Crippen LogP contribution in [-0.4, -0.2) is 19.0 Å². The molecule has 1 aliphatic carbocycles. The molecule has 0 heterocycles. The predicted octanol–water partition coefficient (Wildman–Crippen LogP) is 2.95. The minimum Gasteiger partial charge on any atom is -0.223 e. The SMILES string of the molecule is O=S(=O)(c1ccccc1)[C@H]1C=CC=C[C@H](Cl)C1. The largest absolute Gasteiger partial charge is 0.223 e. The number of hydrogen-bond acceptors (Lipinski definition) is 2. The van der Waals surface area contributed by atoms with Crippen LogP contribution in [0.5, 0.6) is 0 Å². The number of sulfone groups is 1. The summed E-state index contributed by atoms with van der Waals surface area (Å²) in [6.07, 6.45) is 7.44. The molecule has 1 aromatic carbocycles. The number of alkyl halides is 1. The van der Waals surface area contributed by atoms with Crippen molar-refractivity contribution in [3.8, 4) is 0 Å². The standard InChI is InChI=1S/C13H13ClO2S/c14-11-6-4-5-9-13(10-11)17(15,16)12-7-2-1-3-8-12/h1-9,11,13H,10H2/t11-,13-/m0/s1. The van der Waals surface area contributed by atoms with Crippen LogP contribution in [0, 0.1) is 0 Å². The van der Waals surface area contributed by atoms with Crippen molar-refractivity contribution in [3.05, 3.63) is 54.6 Å². The number of benzene rings is 1. The number of allylic oxidation sites excluding steroid dienone is 3. The lowest BCUT2D eigenvalue weighted by Crippen LogP contribution is -2.21. The third-order valence-corrected chi connectivity index (χ3v) is 5.08. The average molecular weight is 269 g/mol. The van der Waals surface area contributed by atoms with Crippen molar-refractivity contribution >= 4 is 21.4 Å². The highest BCUT2D eigenvalue weighted by atomic mass is 35.5. The molecule has 0 unspecified atom stereocenters. The van der Waals surface area contributed by atoms with E-state index in [0.29, 0.717) is 11.3 Å². The summed E-state index contributed by atoms with van der Waals surface area (Å²) in [5.41, 5.74) is 0. The molecule has 0 amide bonds. The summed E-state index contributed by atoms with van der Waals surface area (Å²) in [7, 11) is -3.33. The topological polar surface area (TPSA) is 34.1 Å². The van der Waals surface area contributed by atoms with Crippen molar-refractivity contribution < 1.29 is 8.42 Å². The van der Waals surface area contributed by atoms with Crippen LogP contribution in [0.25, 0.3) is 0 Å². The van der Waals surface area contributed by atoms with E-state index in [4.69, 9.17) is 11.6 Å². The molecule has 4 heteroatoms. The molecule has 2 atom stereocenters. The van der Waals surface area contributed by atoms with Crippen molar-refractivity contribution in [1.82, 2.24) is 0 Å². The zero-order chi connectivity index (χ0) is 12.3. The molecule has 2 rings (SSSR count). The van der Waals surface area contributed by atoms with Crippen molar-refractivity contribution in [2.45, 2.75) is 21.9 Å². The zero-order valence-electron chi connectivity index (χ0n) is 9.16. The van der Waals surface area contributed by atoms with Crippen LogP contribution in [0.2, 0.25) is 0 Å². The van der Waals surface area contributed by atoms with E-state index in [0.717, 1.165) is 0 Å². The fourth-order valence-corrected chi connectivity index (χ4v) is 3.79. The van der Waals surface area contributed by atoms with Crippen molar-refractivity contribution in [2.75, 3.05) is 0 Å². The third kappa shape index (κ3) is 2.79. The Kier molecular flexibility index (Phi) is 3.69. The van der Waals surface area contributed by atoms with Gasteiger partial charge in [0.05, 0.1) is 15.5 Å². The molecule has 0 bridgehead atoms. The van der Waals surface area contributed by atoms with Crippen molar-refractivity contribution in [3.63, 3.8) is 0 Å². The van der Waals surface area contributed by atoms with Crippen LogP contribution in [0.15, 0.2) is 59.5 Å². The first-order chi connectivity index (χ1) is 8.10. The Morgan fingerprint density at radius 2 is 1.71 bits per heavy atom. The Morgan fingerprint density at radius 3 is 2.41 bits per heavy atom. The molecule has 0 fully saturated rings. The van der Waals surface area contributed by atoms with Crippen LogP contribution < -0.4 is 0 Å². The van der Waals surface area contributed by atoms with Crippen LogP contribution in [0.1, 0.15) is 6.42 Å². The fourth-order valence-electron chi connectivity index (χ4n) is 1.77. The normalized spacial score (nSPS) is 24.5. The fraction of sp³-hybridized carbons (Fsp3) is 0.231. The lowest BCUT2D eigenvalue weighted by Gasteiger charge is -2.14. The lowest BCUT2D eigenvalue weighted by molar-refractivity contribution is 0.585. The highest BCUT2D eigenvalue weighted by Gasteiger charge is 2.27. The number of rotatable bonds is 2. The second-order valence-electron chi connectivity index (χ2n) is 3.92. The molecule has 0 N–H and O–H groups in total. The van der Waals surface area contributed by atoms with Gasteiger partial charge >= 0.3 is 0 Å². The molecule has 0 saturated carbocycles. The summed E-state index contributed by atoms with van der Waals surface area (Å²) in [5, 5.41) is -0.795. The predicted molar refractivity (Wildman–Crippen MR) is 70.0 cm³/mol. The highest BCUT2D eigenvalue weighted by molar-refractivity contribution is 7.92. The van der Waals surface area contributed by atoms with Gasteiger partial charge in [0.15, 0.2) is 9.84 Å². The minimum atomic E-state index is -3.33. The monoisotopic (exact) mass is 268 g/mol. The lowest BCUT2D eigenvalue weighted by atomic mass is 10.2. The Hall–Kier alpha value is -1.06. The average Bonchev–Trinajstić information content (AvgIpc) is 2.55. The van der Waals surface area contributed by atoms with E-state index in [9.17, 15) is 8.42 Å². The van der Waals surface area contributed by atoms with E-state index >= 15 is 0 Å². The van der Waals surface area contributed by atoms with E-state index in [1.54, 1.807) is 54.6 Å². The van der Waals surface area contributed by atoms with Gasteiger partial charge in [-0.1, -0.05) is 42.5 Å². The van der Waals surface area contributed by atoms with Gasteiger partial charge in [-0.15, -0.1) is 11.6 Å². The smallest absolute Gasteiger partial charge is 0.184 e. The summed E-state index contributed by atoms with van der Waals surface area (Å²) >= 11 is 6.02. The van der Waals surface area contributed by atoms with E-state index in [2.05, 4.69) is 0 Å². The molecular weight excluding hydrogens is 256 g/mol. The van der Waals surface area contributed by atoms with Gasteiger partial charge < -0.3 is 0 Å². The van der Waals surface area contributed by atoms with Crippen LogP contribution >= 0.6 is 11.6 Å². The van der Waals surface area contributed by atoms with E-state index in [-0.39, 0.29) is 5.38 Å². The quantitative estimate of drug-likeness (QED) is 0.773. The summed E-state index contributed by atoms with van der Waals surface area (Å²) in [6.45, 7) is 0. The molecular formula is C13H13ClO2S. The van der Waals surface area contributed by atoms with E-state index in [1.165, 1.54) is 0 Å². The number of hydrogen-bond donors (Lipinski definition) is 0. The Labute approximate surface area is 107 Å². The van der Waals surface area contributed by atoms with Gasteiger partial charge in [0.25, 0.3) is 0 Å². The van der Waals surface area contributed by atoms with Crippen LogP contribution in [0.4, 0.5) is 0 Å². The summed E-state index contributed by atoms with van der Waals surface area (Å²) in [4.78, 5) is 0.348. The summed E-state index contributed by atoms with van der Waals surface area (Å²) in [5.74, 6) is 0. The molecule has 1 aliphatic rings. The second-order valence-corrected chi connectivity index (χ2v) is 6.65. The maximum atomic E-state index is 12.3. The molecule has 1 aromatic rings. The first-order valence-corrected chi connectivity index (χ1v) is 7.37. The molecule has 0 radical (unpaired) electrons. The van der Waals surface area contributed by atoms with Gasteiger partial charge in [0, 0.05) is 0 Å². The molecule has 90 valence electrons. The molecule has 17 heavy (non-hydrogen) atoms. The Balaban J connectivity index is 2.34. The molecule has 0 spiro atoms. The molecule has 0 aromatic heterocycles. The van der Waals surface area contributed by atoms with E-state index in [1.807, 2.05) is 0 Å². The van der Waals surface area contributed by atoms with Gasteiger partial charge in [0.2, 0.25) is 0 Å².